The summed E-state index contributed by atoms with van der Waals surface area (Å²) in [5.41, 5.74) is 6.54. The average Bonchev–Trinajstić information content (AvgIpc) is 3.47. The van der Waals surface area contributed by atoms with E-state index in [0.717, 1.165) is 27.6 Å². The second kappa shape index (κ2) is 11.5. The van der Waals surface area contributed by atoms with Crippen LogP contribution in [0.15, 0.2) is 182 Å². The molecule has 1 aromatic heterocycles. The number of rotatable bonds is 6. The highest BCUT2D eigenvalue weighted by molar-refractivity contribution is 7.20. The minimum Gasteiger partial charge on any atom is -0.309 e. The highest BCUT2D eigenvalue weighted by Gasteiger charge is 2.43. The van der Waals surface area contributed by atoms with E-state index in [2.05, 4.69) is 180 Å². The molecule has 0 atom stereocenters. The van der Waals surface area contributed by atoms with Gasteiger partial charge in [0.2, 0.25) is 0 Å². The van der Waals surface area contributed by atoms with Crippen molar-refractivity contribution in [3.8, 4) is 22.9 Å². The van der Waals surface area contributed by atoms with Crippen molar-refractivity contribution in [2.45, 2.75) is 0 Å². The molecule has 216 valence electrons. The molecule has 8 aromatic rings. The molecule has 0 spiro atoms. The Morgan fingerprint density at radius 1 is 0.457 bits per heavy atom. The lowest BCUT2D eigenvalue weighted by atomic mass is 10.0. The summed E-state index contributed by atoms with van der Waals surface area (Å²) in [6.45, 7) is 0. The average molecular weight is 603 g/mol. The Balaban J connectivity index is 1.43. The van der Waals surface area contributed by atoms with Crippen molar-refractivity contribution in [2.75, 3.05) is 0 Å². The topological polar surface area (TPSA) is 28.7 Å². The molecule has 0 saturated carbocycles. The standard InChI is InChI=1S/C43H30N2Si/c44-31-33-16-7-14-29-43(33)46(34-18-3-1-4-19-34,35-20-5-2-6-21-35)36-22-15-17-32(30-36)37-23-8-11-26-40(37)45-41-27-12-9-24-38(41)39-25-10-13-28-42(39)45/h1-30H. The van der Waals surface area contributed by atoms with E-state index in [1.165, 1.54) is 37.4 Å². The molecule has 0 saturated heterocycles. The van der Waals surface area contributed by atoms with Crippen LogP contribution >= 0.6 is 0 Å². The molecule has 0 aliphatic rings. The lowest BCUT2D eigenvalue weighted by molar-refractivity contribution is 1.18. The van der Waals surface area contributed by atoms with Crippen molar-refractivity contribution in [2.24, 2.45) is 0 Å². The lowest BCUT2D eigenvalue weighted by Crippen LogP contribution is -2.75. The molecule has 0 aliphatic heterocycles. The van der Waals surface area contributed by atoms with Crippen LogP contribution in [0.3, 0.4) is 0 Å². The fraction of sp³-hybridized carbons (Fsp3) is 0. The van der Waals surface area contributed by atoms with E-state index in [1.54, 1.807) is 0 Å². The Hall–Kier alpha value is -5.95. The second-order valence-corrected chi connectivity index (χ2v) is 15.4. The van der Waals surface area contributed by atoms with Gasteiger partial charge in [0.15, 0.2) is 8.07 Å². The summed E-state index contributed by atoms with van der Waals surface area (Å²) in [5, 5.41) is 17.8. The maximum Gasteiger partial charge on any atom is 0.180 e. The van der Waals surface area contributed by atoms with Gasteiger partial charge in [0.25, 0.3) is 0 Å². The molecule has 0 radical (unpaired) electrons. The number of fused-ring (bicyclic) bond motifs is 3. The minimum atomic E-state index is -2.93. The summed E-state index contributed by atoms with van der Waals surface area (Å²) in [7, 11) is -2.93. The zero-order chi connectivity index (χ0) is 30.9. The monoisotopic (exact) mass is 602 g/mol. The summed E-state index contributed by atoms with van der Waals surface area (Å²) in [6.07, 6.45) is 0. The fourth-order valence-electron chi connectivity index (χ4n) is 7.27. The number of hydrogen-bond acceptors (Lipinski definition) is 1. The zero-order valence-corrected chi connectivity index (χ0v) is 26.2. The van der Waals surface area contributed by atoms with Crippen LogP contribution < -0.4 is 20.7 Å². The Morgan fingerprint density at radius 3 is 1.63 bits per heavy atom. The second-order valence-electron chi connectivity index (χ2n) is 11.6. The van der Waals surface area contributed by atoms with Crippen molar-refractivity contribution in [1.82, 2.24) is 4.57 Å². The molecule has 7 aromatic carbocycles. The van der Waals surface area contributed by atoms with E-state index in [1.807, 2.05) is 12.1 Å². The lowest BCUT2D eigenvalue weighted by Gasteiger charge is -2.35. The summed E-state index contributed by atoms with van der Waals surface area (Å²) in [4.78, 5) is 0. The van der Waals surface area contributed by atoms with Crippen molar-refractivity contribution in [3.63, 3.8) is 0 Å². The van der Waals surface area contributed by atoms with Crippen molar-refractivity contribution in [3.05, 3.63) is 188 Å². The van der Waals surface area contributed by atoms with Crippen molar-refractivity contribution in [1.29, 1.82) is 5.26 Å². The first kappa shape index (κ1) is 27.6. The molecular formula is C43H30N2Si. The summed E-state index contributed by atoms with van der Waals surface area (Å²) in [5.74, 6) is 0. The van der Waals surface area contributed by atoms with Crippen molar-refractivity contribution >= 4 is 50.6 Å². The first-order valence-corrected chi connectivity index (χ1v) is 17.6. The predicted molar refractivity (Wildman–Crippen MR) is 195 cm³/mol. The third-order valence-electron chi connectivity index (χ3n) is 9.20. The highest BCUT2D eigenvalue weighted by atomic mass is 28.3. The molecular weight excluding hydrogens is 573 g/mol. The molecule has 0 unspecified atom stereocenters. The normalized spacial score (nSPS) is 11.5. The van der Waals surface area contributed by atoms with Crippen LogP contribution in [0.25, 0.3) is 38.6 Å². The van der Waals surface area contributed by atoms with E-state index in [-0.39, 0.29) is 0 Å². The van der Waals surface area contributed by atoms with Crippen LogP contribution in [0, 0.1) is 11.3 Å². The van der Waals surface area contributed by atoms with Gasteiger partial charge in [0, 0.05) is 16.3 Å². The van der Waals surface area contributed by atoms with E-state index in [0.29, 0.717) is 0 Å². The van der Waals surface area contributed by atoms with Crippen LogP contribution in [0.1, 0.15) is 5.56 Å². The Labute approximate surface area is 270 Å². The van der Waals surface area contributed by atoms with Crippen LogP contribution in [0.2, 0.25) is 0 Å². The molecule has 0 fully saturated rings. The maximum atomic E-state index is 10.4. The smallest absolute Gasteiger partial charge is 0.180 e. The third kappa shape index (κ3) is 4.31. The number of para-hydroxylation sites is 3. The Kier molecular flexibility index (Phi) is 6.91. The van der Waals surface area contributed by atoms with Gasteiger partial charge in [-0.1, -0.05) is 158 Å². The van der Waals surface area contributed by atoms with Gasteiger partial charge in [-0.2, -0.15) is 5.26 Å². The summed E-state index contributed by atoms with van der Waals surface area (Å²) < 4.78 is 2.40. The zero-order valence-electron chi connectivity index (χ0n) is 25.2. The SMILES string of the molecule is N#Cc1ccccc1[Si](c1ccccc1)(c1ccccc1)c1cccc(-c2ccccc2-n2c3ccccc3c3ccccc32)c1. The van der Waals surface area contributed by atoms with Gasteiger partial charge in [-0.25, -0.2) is 0 Å². The van der Waals surface area contributed by atoms with Gasteiger partial charge in [0.1, 0.15) is 0 Å². The minimum absolute atomic E-state index is 0.720. The molecule has 46 heavy (non-hydrogen) atoms. The molecule has 8 rings (SSSR count). The van der Waals surface area contributed by atoms with E-state index >= 15 is 0 Å². The van der Waals surface area contributed by atoms with Crippen LogP contribution in [0.4, 0.5) is 0 Å². The highest BCUT2D eigenvalue weighted by Crippen LogP contribution is 2.36. The van der Waals surface area contributed by atoms with Crippen molar-refractivity contribution < 1.29 is 0 Å². The molecule has 3 heteroatoms. The van der Waals surface area contributed by atoms with E-state index in [9.17, 15) is 5.26 Å². The maximum absolute atomic E-state index is 10.4. The van der Waals surface area contributed by atoms with Gasteiger partial charge in [-0.05, 0) is 50.6 Å². The van der Waals surface area contributed by atoms with Crippen LogP contribution in [-0.4, -0.2) is 12.6 Å². The van der Waals surface area contributed by atoms with Crippen LogP contribution in [-0.2, 0) is 0 Å². The van der Waals surface area contributed by atoms with Gasteiger partial charge in [0.05, 0.1) is 28.4 Å². The first-order valence-electron chi connectivity index (χ1n) is 15.6. The Bertz CT molecular complexity index is 2290. The van der Waals surface area contributed by atoms with Gasteiger partial charge in [-0.3, -0.25) is 0 Å². The number of hydrogen-bond donors (Lipinski definition) is 0. The molecule has 0 bridgehead atoms. The fourth-order valence-corrected chi connectivity index (χ4v) is 12.2. The molecule has 0 amide bonds. The predicted octanol–water partition coefficient (Wildman–Crippen LogP) is 7.70. The summed E-state index contributed by atoms with van der Waals surface area (Å²) in [6, 6.07) is 67.4. The molecule has 0 aliphatic carbocycles. The molecule has 0 N–H and O–H groups in total. The number of benzene rings is 7. The van der Waals surface area contributed by atoms with Crippen LogP contribution in [0.5, 0.6) is 0 Å². The van der Waals surface area contributed by atoms with Gasteiger partial charge in [-0.15, -0.1) is 0 Å². The number of nitriles is 1. The third-order valence-corrected chi connectivity index (χ3v) is 14.0. The quantitative estimate of drug-likeness (QED) is 0.142. The summed E-state index contributed by atoms with van der Waals surface area (Å²) >= 11 is 0. The number of nitrogens with zero attached hydrogens (tertiary/aromatic N) is 2. The Morgan fingerprint density at radius 2 is 0.978 bits per heavy atom. The van der Waals surface area contributed by atoms with Gasteiger partial charge < -0.3 is 4.57 Å². The largest absolute Gasteiger partial charge is 0.309 e. The van der Waals surface area contributed by atoms with Gasteiger partial charge >= 0.3 is 0 Å². The molecule has 2 nitrogen and oxygen atoms in total. The number of aromatic nitrogens is 1. The van der Waals surface area contributed by atoms with E-state index < -0.39 is 8.07 Å². The van der Waals surface area contributed by atoms with E-state index in [4.69, 9.17) is 0 Å². The first-order chi connectivity index (χ1) is 22.8. The molecule has 1 heterocycles.